The van der Waals surface area contributed by atoms with Gasteiger partial charge in [0.15, 0.2) is 0 Å². The molecule has 0 unspecified atom stereocenters. The van der Waals surface area contributed by atoms with Crippen LogP contribution in [0.4, 0.5) is 0 Å². The maximum absolute atomic E-state index is 11.2. The summed E-state index contributed by atoms with van der Waals surface area (Å²) in [4.78, 5) is 14.7. The summed E-state index contributed by atoms with van der Waals surface area (Å²) < 4.78 is 0. The van der Waals surface area contributed by atoms with Gasteiger partial charge in [-0.15, -0.1) is 23.7 Å². The second kappa shape index (κ2) is 10.1. The third-order valence-corrected chi connectivity index (χ3v) is 5.86. The van der Waals surface area contributed by atoms with Gasteiger partial charge in [0.05, 0.1) is 0 Å². The zero-order valence-electron chi connectivity index (χ0n) is 15.2. The van der Waals surface area contributed by atoms with Gasteiger partial charge in [-0.3, -0.25) is 4.90 Å². The van der Waals surface area contributed by atoms with E-state index in [1.54, 1.807) is 11.3 Å². The van der Waals surface area contributed by atoms with E-state index in [1.807, 2.05) is 18.2 Å². The predicted octanol–water partition coefficient (Wildman–Crippen LogP) is 5.67. The van der Waals surface area contributed by atoms with Crippen LogP contribution in [0.1, 0.15) is 28.8 Å². The molecular formula is C21H23Cl2NO2S. The molecule has 0 aliphatic carbocycles. The summed E-state index contributed by atoms with van der Waals surface area (Å²) in [5.74, 6) is -0.804. The SMILES string of the molecule is Cc1ccsc1/C(=C\CCN1CCC=C(C(=O)O)C1)c1ccc(Cl)cc1.Cl. The van der Waals surface area contributed by atoms with Crippen LogP contribution < -0.4 is 0 Å². The number of nitrogens with zero attached hydrogens (tertiary/aromatic N) is 1. The molecule has 6 heteroatoms. The third kappa shape index (κ3) is 5.69. The lowest BCUT2D eigenvalue weighted by Crippen LogP contribution is -2.32. The first-order valence-electron chi connectivity index (χ1n) is 8.70. The van der Waals surface area contributed by atoms with Crippen LogP contribution in [0.15, 0.2) is 53.4 Å². The molecule has 0 saturated carbocycles. The number of carbonyl (C=O) groups is 1. The molecular weight excluding hydrogens is 401 g/mol. The largest absolute Gasteiger partial charge is 0.478 e. The fourth-order valence-corrected chi connectivity index (χ4v) is 4.28. The Hall–Kier alpha value is -1.59. The molecule has 27 heavy (non-hydrogen) atoms. The van der Waals surface area contributed by atoms with Gasteiger partial charge < -0.3 is 5.11 Å². The molecule has 0 amide bonds. The summed E-state index contributed by atoms with van der Waals surface area (Å²) in [6.07, 6.45) is 5.78. The molecule has 1 aromatic carbocycles. The van der Waals surface area contributed by atoms with Crippen molar-refractivity contribution >= 4 is 46.9 Å². The van der Waals surface area contributed by atoms with E-state index in [4.69, 9.17) is 11.6 Å². The van der Waals surface area contributed by atoms with Crippen molar-refractivity contribution in [3.8, 4) is 0 Å². The average Bonchev–Trinajstić information content (AvgIpc) is 3.06. The first kappa shape index (κ1) is 21.7. The lowest BCUT2D eigenvalue weighted by Gasteiger charge is -2.25. The number of thiophene rings is 1. The van der Waals surface area contributed by atoms with Crippen molar-refractivity contribution in [2.75, 3.05) is 19.6 Å². The van der Waals surface area contributed by atoms with Gasteiger partial charge in [-0.05, 0) is 60.0 Å². The van der Waals surface area contributed by atoms with Crippen LogP contribution in [-0.2, 0) is 4.79 Å². The van der Waals surface area contributed by atoms with Crippen LogP contribution in [0.5, 0.6) is 0 Å². The van der Waals surface area contributed by atoms with E-state index in [2.05, 4.69) is 41.5 Å². The van der Waals surface area contributed by atoms with E-state index >= 15 is 0 Å². The van der Waals surface area contributed by atoms with Crippen LogP contribution in [0.2, 0.25) is 5.02 Å². The zero-order chi connectivity index (χ0) is 18.5. The minimum absolute atomic E-state index is 0. The quantitative estimate of drug-likeness (QED) is 0.650. The van der Waals surface area contributed by atoms with Crippen LogP contribution in [0.25, 0.3) is 5.57 Å². The summed E-state index contributed by atoms with van der Waals surface area (Å²) in [6.45, 7) is 4.42. The molecule has 0 spiro atoms. The molecule has 1 aliphatic heterocycles. The molecule has 0 saturated heterocycles. The molecule has 0 radical (unpaired) electrons. The van der Waals surface area contributed by atoms with Crippen LogP contribution in [0.3, 0.4) is 0 Å². The highest BCUT2D eigenvalue weighted by Crippen LogP contribution is 2.31. The predicted molar refractivity (Wildman–Crippen MR) is 116 cm³/mol. The first-order chi connectivity index (χ1) is 12.5. The number of rotatable bonds is 6. The number of aryl methyl sites for hydroxylation is 1. The second-order valence-electron chi connectivity index (χ2n) is 6.45. The van der Waals surface area contributed by atoms with Crippen LogP contribution >= 0.6 is 35.3 Å². The monoisotopic (exact) mass is 423 g/mol. The lowest BCUT2D eigenvalue weighted by atomic mass is 10.0. The fourth-order valence-electron chi connectivity index (χ4n) is 3.16. The van der Waals surface area contributed by atoms with Gasteiger partial charge in [0.2, 0.25) is 0 Å². The summed E-state index contributed by atoms with van der Waals surface area (Å²) >= 11 is 7.79. The van der Waals surface area contributed by atoms with E-state index in [-0.39, 0.29) is 12.4 Å². The van der Waals surface area contributed by atoms with Crippen LogP contribution in [-0.4, -0.2) is 35.6 Å². The Morgan fingerprint density at radius 1 is 1.30 bits per heavy atom. The highest BCUT2D eigenvalue weighted by molar-refractivity contribution is 7.11. The fraction of sp³-hybridized carbons (Fsp3) is 0.286. The topological polar surface area (TPSA) is 40.5 Å². The maximum atomic E-state index is 11.2. The molecule has 2 heterocycles. The van der Waals surface area contributed by atoms with Crippen molar-refractivity contribution in [3.63, 3.8) is 0 Å². The smallest absolute Gasteiger partial charge is 0.332 e. The molecule has 0 fully saturated rings. The molecule has 1 aromatic heterocycles. The Morgan fingerprint density at radius 2 is 2.04 bits per heavy atom. The zero-order valence-corrected chi connectivity index (χ0v) is 17.5. The molecule has 3 rings (SSSR count). The number of carboxylic acid groups (broad SMARTS) is 1. The van der Waals surface area contributed by atoms with Gasteiger partial charge >= 0.3 is 5.97 Å². The highest BCUT2D eigenvalue weighted by atomic mass is 35.5. The summed E-state index contributed by atoms with van der Waals surface area (Å²) in [5, 5.41) is 12.0. The van der Waals surface area contributed by atoms with Gasteiger partial charge in [-0.25, -0.2) is 4.79 Å². The Balaban J connectivity index is 0.00000261. The van der Waals surface area contributed by atoms with Crippen molar-refractivity contribution in [1.82, 2.24) is 4.90 Å². The van der Waals surface area contributed by atoms with E-state index in [1.165, 1.54) is 16.0 Å². The lowest BCUT2D eigenvalue weighted by molar-refractivity contribution is -0.133. The number of aliphatic carboxylic acids is 1. The van der Waals surface area contributed by atoms with E-state index in [0.717, 1.165) is 36.5 Å². The molecule has 1 N–H and O–H groups in total. The normalized spacial score (nSPS) is 15.2. The van der Waals surface area contributed by atoms with Crippen molar-refractivity contribution < 1.29 is 9.90 Å². The van der Waals surface area contributed by atoms with Gasteiger partial charge in [0.25, 0.3) is 0 Å². The Labute approximate surface area is 175 Å². The number of carboxylic acids is 1. The van der Waals surface area contributed by atoms with Gasteiger partial charge in [0, 0.05) is 35.1 Å². The summed E-state index contributed by atoms with van der Waals surface area (Å²) in [7, 11) is 0. The average molecular weight is 424 g/mol. The van der Waals surface area contributed by atoms with Crippen LogP contribution in [0, 0.1) is 6.92 Å². The summed E-state index contributed by atoms with van der Waals surface area (Å²) in [6, 6.07) is 10.1. The summed E-state index contributed by atoms with van der Waals surface area (Å²) in [5.41, 5.74) is 4.16. The molecule has 3 nitrogen and oxygen atoms in total. The number of benzene rings is 1. The molecule has 0 atom stereocenters. The number of hydrogen-bond acceptors (Lipinski definition) is 3. The molecule has 2 aromatic rings. The van der Waals surface area contributed by atoms with Crippen molar-refractivity contribution in [1.29, 1.82) is 0 Å². The number of hydrogen-bond donors (Lipinski definition) is 1. The standard InChI is InChI=1S/C21H22ClNO2S.ClH/c1-15-10-13-26-20(15)19(16-6-8-18(22)9-7-16)5-3-12-23-11-2-4-17(14-23)21(24)25;/h4-10,13H,2-3,11-12,14H2,1H3,(H,24,25);1H/b19-5-;. The van der Waals surface area contributed by atoms with Crippen molar-refractivity contribution in [2.45, 2.75) is 19.8 Å². The molecule has 1 aliphatic rings. The maximum Gasteiger partial charge on any atom is 0.332 e. The number of halogens is 2. The second-order valence-corrected chi connectivity index (χ2v) is 7.80. The van der Waals surface area contributed by atoms with E-state index in [9.17, 15) is 9.90 Å². The van der Waals surface area contributed by atoms with Gasteiger partial charge in [0.1, 0.15) is 0 Å². The van der Waals surface area contributed by atoms with Gasteiger partial charge in [-0.2, -0.15) is 0 Å². The highest BCUT2D eigenvalue weighted by Gasteiger charge is 2.17. The first-order valence-corrected chi connectivity index (χ1v) is 9.95. The Bertz CT molecular complexity index is 840. The van der Waals surface area contributed by atoms with Crippen molar-refractivity contribution in [3.05, 3.63) is 74.5 Å². The Kier molecular flexibility index (Phi) is 8.11. The Morgan fingerprint density at radius 3 is 2.67 bits per heavy atom. The molecule has 0 bridgehead atoms. The minimum atomic E-state index is -0.804. The molecule has 144 valence electrons. The van der Waals surface area contributed by atoms with Crippen molar-refractivity contribution in [2.24, 2.45) is 0 Å². The third-order valence-electron chi connectivity index (χ3n) is 4.56. The van der Waals surface area contributed by atoms with E-state index in [0.29, 0.717) is 12.1 Å². The van der Waals surface area contributed by atoms with Gasteiger partial charge in [-0.1, -0.05) is 35.9 Å². The van der Waals surface area contributed by atoms with E-state index < -0.39 is 5.97 Å². The minimum Gasteiger partial charge on any atom is -0.478 e.